The number of rotatable bonds is 6. The highest BCUT2D eigenvalue weighted by Crippen LogP contribution is 2.24. The van der Waals surface area contributed by atoms with E-state index in [1.54, 1.807) is 12.3 Å². The molecule has 21 heavy (non-hydrogen) atoms. The van der Waals surface area contributed by atoms with Crippen molar-refractivity contribution in [3.8, 4) is 0 Å². The van der Waals surface area contributed by atoms with Crippen molar-refractivity contribution in [2.75, 3.05) is 6.54 Å². The number of aryl methyl sites for hydroxylation is 1. The molecule has 0 aliphatic heterocycles. The zero-order valence-electron chi connectivity index (χ0n) is 12.2. The summed E-state index contributed by atoms with van der Waals surface area (Å²) < 4.78 is 0. The highest BCUT2D eigenvalue weighted by molar-refractivity contribution is 5.39. The Morgan fingerprint density at radius 3 is 2.67 bits per heavy atom. The van der Waals surface area contributed by atoms with Crippen LogP contribution in [-0.2, 0) is 6.42 Å². The van der Waals surface area contributed by atoms with Crippen LogP contribution >= 0.6 is 0 Å². The summed E-state index contributed by atoms with van der Waals surface area (Å²) in [6, 6.07) is 11.5. The first-order valence-corrected chi connectivity index (χ1v) is 7.00. The fourth-order valence-corrected chi connectivity index (χ4v) is 2.33. The summed E-state index contributed by atoms with van der Waals surface area (Å²) >= 11 is 0. The molecule has 0 saturated carbocycles. The third-order valence-electron chi connectivity index (χ3n) is 3.33. The Labute approximate surface area is 124 Å². The van der Waals surface area contributed by atoms with Gasteiger partial charge in [0, 0.05) is 24.7 Å². The van der Waals surface area contributed by atoms with Crippen molar-refractivity contribution in [1.82, 2.24) is 10.3 Å². The number of aromatic nitrogens is 1. The molecule has 0 aliphatic carbocycles. The lowest BCUT2D eigenvalue weighted by Gasteiger charge is -2.18. The van der Waals surface area contributed by atoms with Crippen molar-refractivity contribution in [1.29, 1.82) is 0 Å². The second kappa shape index (κ2) is 6.95. The summed E-state index contributed by atoms with van der Waals surface area (Å²) in [7, 11) is 0. The second-order valence-corrected chi connectivity index (χ2v) is 4.96. The number of nitrogens with one attached hydrogen (secondary N) is 1. The number of benzene rings is 1. The van der Waals surface area contributed by atoms with E-state index in [2.05, 4.69) is 10.3 Å². The van der Waals surface area contributed by atoms with Gasteiger partial charge in [0.15, 0.2) is 0 Å². The molecule has 1 aromatic carbocycles. The fourth-order valence-electron chi connectivity index (χ4n) is 2.33. The lowest BCUT2D eigenvalue weighted by Crippen LogP contribution is -2.23. The minimum Gasteiger partial charge on any atom is -0.310 e. The van der Waals surface area contributed by atoms with E-state index in [-0.39, 0.29) is 16.7 Å². The zero-order chi connectivity index (χ0) is 15.2. The van der Waals surface area contributed by atoms with Gasteiger partial charge in [0.1, 0.15) is 5.69 Å². The molecule has 1 unspecified atom stereocenters. The second-order valence-electron chi connectivity index (χ2n) is 4.96. The third kappa shape index (κ3) is 3.86. The number of likely N-dealkylation sites (N-methyl/N-ethyl adjacent to an activating group) is 1. The number of nitro groups is 1. The normalized spacial score (nSPS) is 12.1. The topological polar surface area (TPSA) is 68.1 Å². The number of hydrogen-bond donors (Lipinski definition) is 1. The molecule has 0 radical (unpaired) electrons. The lowest BCUT2D eigenvalue weighted by atomic mass is 10.0. The van der Waals surface area contributed by atoms with E-state index >= 15 is 0 Å². The molecule has 0 spiro atoms. The van der Waals surface area contributed by atoms with Crippen LogP contribution in [0.4, 0.5) is 5.69 Å². The lowest BCUT2D eigenvalue weighted by molar-refractivity contribution is -0.386. The molecule has 1 aromatic heterocycles. The van der Waals surface area contributed by atoms with Crippen molar-refractivity contribution in [3.05, 3.63) is 69.5 Å². The Morgan fingerprint density at radius 2 is 2.05 bits per heavy atom. The molecule has 2 rings (SSSR count). The monoisotopic (exact) mass is 285 g/mol. The van der Waals surface area contributed by atoms with Crippen LogP contribution in [0, 0.1) is 17.0 Å². The quantitative estimate of drug-likeness (QED) is 0.653. The molecular formula is C16H19N3O2. The number of hydrogen-bond acceptors (Lipinski definition) is 4. The molecule has 0 saturated heterocycles. The van der Waals surface area contributed by atoms with Crippen molar-refractivity contribution >= 4 is 5.69 Å². The third-order valence-corrected chi connectivity index (χ3v) is 3.33. The number of pyridine rings is 1. The predicted octanol–water partition coefficient (Wildman–Crippen LogP) is 3.19. The van der Waals surface area contributed by atoms with E-state index in [9.17, 15) is 10.1 Å². The summed E-state index contributed by atoms with van der Waals surface area (Å²) in [4.78, 5) is 15.1. The van der Waals surface area contributed by atoms with Crippen LogP contribution in [-0.4, -0.2) is 16.5 Å². The molecule has 2 aromatic rings. The van der Waals surface area contributed by atoms with Gasteiger partial charge < -0.3 is 5.32 Å². The highest BCUT2D eigenvalue weighted by atomic mass is 16.6. The van der Waals surface area contributed by atoms with Gasteiger partial charge in [-0.2, -0.15) is 0 Å². The van der Waals surface area contributed by atoms with Crippen LogP contribution in [0.1, 0.15) is 29.8 Å². The summed E-state index contributed by atoms with van der Waals surface area (Å²) in [6.45, 7) is 4.62. The maximum atomic E-state index is 11.2. The van der Waals surface area contributed by atoms with Crippen LogP contribution in [0.5, 0.6) is 0 Å². The largest absolute Gasteiger partial charge is 0.310 e. The first-order valence-electron chi connectivity index (χ1n) is 7.00. The van der Waals surface area contributed by atoms with Crippen molar-refractivity contribution < 1.29 is 4.92 Å². The minimum absolute atomic E-state index is 0.0186. The van der Waals surface area contributed by atoms with Gasteiger partial charge in [-0.3, -0.25) is 15.1 Å². The fraction of sp³-hybridized carbons (Fsp3) is 0.312. The maximum absolute atomic E-state index is 11.2. The molecular weight excluding hydrogens is 266 g/mol. The van der Waals surface area contributed by atoms with Crippen LogP contribution in [0.15, 0.2) is 42.6 Å². The Morgan fingerprint density at radius 1 is 1.33 bits per heavy atom. The molecule has 5 nitrogen and oxygen atoms in total. The van der Waals surface area contributed by atoms with Crippen LogP contribution in [0.25, 0.3) is 0 Å². The van der Waals surface area contributed by atoms with Crippen LogP contribution in [0.2, 0.25) is 0 Å². The Bertz CT molecular complexity index is 614. The van der Waals surface area contributed by atoms with Gasteiger partial charge in [0.2, 0.25) is 0 Å². The van der Waals surface area contributed by atoms with E-state index in [0.29, 0.717) is 12.1 Å². The van der Waals surface area contributed by atoms with Gasteiger partial charge in [0.25, 0.3) is 5.69 Å². The SMILES string of the molecule is CCNC(Cc1ncc(C)cc1[N+](=O)[O-])c1ccccc1. The summed E-state index contributed by atoms with van der Waals surface area (Å²) in [5.74, 6) is 0. The predicted molar refractivity (Wildman–Crippen MR) is 82.2 cm³/mol. The van der Waals surface area contributed by atoms with Crippen molar-refractivity contribution in [3.63, 3.8) is 0 Å². The summed E-state index contributed by atoms with van der Waals surface area (Å²) in [5.41, 5.74) is 2.51. The summed E-state index contributed by atoms with van der Waals surface area (Å²) in [6.07, 6.45) is 2.17. The van der Waals surface area contributed by atoms with Crippen LogP contribution < -0.4 is 5.32 Å². The van der Waals surface area contributed by atoms with Crippen molar-refractivity contribution in [2.24, 2.45) is 0 Å². The molecule has 0 amide bonds. The molecule has 0 bridgehead atoms. The van der Waals surface area contributed by atoms with Gasteiger partial charge >= 0.3 is 0 Å². The molecule has 5 heteroatoms. The molecule has 1 N–H and O–H groups in total. The highest BCUT2D eigenvalue weighted by Gasteiger charge is 2.20. The smallest absolute Gasteiger partial charge is 0.291 e. The van der Waals surface area contributed by atoms with E-state index in [4.69, 9.17) is 0 Å². The molecule has 1 heterocycles. The summed E-state index contributed by atoms with van der Waals surface area (Å²) in [5, 5.41) is 14.6. The Kier molecular flexibility index (Phi) is 5.00. The Balaban J connectivity index is 2.31. The van der Waals surface area contributed by atoms with E-state index < -0.39 is 0 Å². The van der Waals surface area contributed by atoms with Gasteiger partial charge in [-0.1, -0.05) is 37.3 Å². The van der Waals surface area contributed by atoms with Crippen LogP contribution in [0.3, 0.4) is 0 Å². The first kappa shape index (κ1) is 15.1. The molecule has 1 atom stereocenters. The molecule has 110 valence electrons. The average Bonchev–Trinajstić information content (AvgIpc) is 2.49. The molecule has 0 fully saturated rings. The van der Waals surface area contributed by atoms with E-state index in [1.165, 1.54) is 0 Å². The average molecular weight is 285 g/mol. The standard InChI is InChI=1S/C16H19N3O2/c1-3-17-14(13-7-5-4-6-8-13)10-15-16(19(20)21)9-12(2)11-18-15/h4-9,11,14,17H,3,10H2,1-2H3. The Hall–Kier alpha value is -2.27. The number of nitrogens with zero attached hydrogens (tertiary/aromatic N) is 2. The maximum Gasteiger partial charge on any atom is 0.291 e. The minimum atomic E-state index is -0.358. The van der Waals surface area contributed by atoms with Gasteiger partial charge in [-0.25, -0.2) is 0 Å². The van der Waals surface area contributed by atoms with Gasteiger partial charge in [0.05, 0.1) is 4.92 Å². The van der Waals surface area contributed by atoms with Gasteiger partial charge in [-0.15, -0.1) is 0 Å². The van der Waals surface area contributed by atoms with Crippen molar-refractivity contribution in [2.45, 2.75) is 26.3 Å². The molecule has 0 aliphatic rings. The first-order chi connectivity index (χ1) is 10.1. The van der Waals surface area contributed by atoms with E-state index in [0.717, 1.165) is 17.7 Å². The van der Waals surface area contributed by atoms with E-state index in [1.807, 2.05) is 44.2 Å². The zero-order valence-corrected chi connectivity index (χ0v) is 12.2. The van der Waals surface area contributed by atoms with Gasteiger partial charge in [-0.05, 0) is 24.6 Å².